The highest BCUT2D eigenvalue weighted by molar-refractivity contribution is 5.96. The molecule has 0 saturated carbocycles. The Balaban J connectivity index is 1.61. The summed E-state index contributed by atoms with van der Waals surface area (Å²) in [6.07, 6.45) is 0.197. The summed E-state index contributed by atoms with van der Waals surface area (Å²) in [5, 5.41) is 3.13. The third kappa shape index (κ3) is 3.40. The SMILES string of the molecule is COc1ccc(C(=O)N2CC[C@@]3(c4ccccc4)NC(=O)CO[C@@H]3C2)c(OC)n1. The summed E-state index contributed by atoms with van der Waals surface area (Å²) in [5.74, 6) is 0.246. The molecule has 2 aliphatic heterocycles. The molecule has 2 saturated heterocycles. The van der Waals surface area contributed by atoms with Gasteiger partial charge >= 0.3 is 0 Å². The molecule has 2 fully saturated rings. The van der Waals surface area contributed by atoms with E-state index in [1.807, 2.05) is 30.3 Å². The van der Waals surface area contributed by atoms with Gasteiger partial charge < -0.3 is 24.4 Å². The molecule has 8 heteroatoms. The van der Waals surface area contributed by atoms with E-state index in [4.69, 9.17) is 14.2 Å². The van der Waals surface area contributed by atoms with Crippen molar-refractivity contribution in [3.8, 4) is 11.8 Å². The van der Waals surface area contributed by atoms with Crippen molar-refractivity contribution in [2.45, 2.75) is 18.1 Å². The van der Waals surface area contributed by atoms with Gasteiger partial charge in [0.1, 0.15) is 18.3 Å². The molecule has 1 aromatic carbocycles. The Hall–Kier alpha value is -3.13. The molecule has 2 aliphatic rings. The van der Waals surface area contributed by atoms with Crippen LogP contribution in [-0.2, 0) is 15.1 Å². The number of pyridine rings is 1. The second-order valence-electron chi connectivity index (χ2n) is 7.10. The Morgan fingerprint density at radius 1 is 1.21 bits per heavy atom. The molecule has 2 aromatic rings. The Bertz CT molecular complexity index is 920. The van der Waals surface area contributed by atoms with Crippen LogP contribution in [0.4, 0.5) is 0 Å². The third-order valence-electron chi connectivity index (χ3n) is 5.53. The number of hydrogen-bond acceptors (Lipinski definition) is 6. The molecular formula is C21H23N3O5. The first-order valence-electron chi connectivity index (χ1n) is 9.44. The van der Waals surface area contributed by atoms with Gasteiger partial charge in [-0.25, -0.2) is 0 Å². The van der Waals surface area contributed by atoms with Crippen molar-refractivity contribution in [2.24, 2.45) is 0 Å². The standard InChI is InChI=1S/C21H23N3O5/c1-27-18-9-8-15(19(22-18)28-2)20(26)24-11-10-21(14-6-4-3-5-7-14)16(12-24)29-13-17(25)23-21/h3-9,16H,10-13H2,1-2H3,(H,23,25)/t16-,21+/m1/s1. The largest absolute Gasteiger partial charge is 0.481 e. The highest BCUT2D eigenvalue weighted by atomic mass is 16.5. The summed E-state index contributed by atoms with van der Waals surface area (Å²) < 4.78 is 16.3. The fraction of sp³-hybridized carbons (Fsp3) is 0.381. The molecule has 29 heavy (non-hydrogen) atoms. The van der Waals surface area contributed by atoms with Crippen molar-refractivity contribution in [3.63, 3.8) is 0 Å². The Morgan fingerprint density at radius 3 is 2.72 bits per heavy atom. The van der Waals surface area contributed by atoms with Crippen LogP contribution in [0, 0.1) is 0 Å². The number of carbonyl (C=O) groups is 2. The predicted octanol–water partition coefficient (Wildman–Crippen LogP) is 1.36. The van der Waals surface area contributed by atoms with E-state index in [-0.39, 0.29) is 30.4 Å². The van der Waals surface area contributed by atoms with Crippen molar-refractivity contribution in [2.75, 3.05) is 33.9 Å². The molecule has 2 amide bonds. The molecule has 2 atom stereocenters. The van der Waals surface area contributed by atoms with Crippen molar-refractivity contribution in [1.29, 1.82) is 0 Å². The molecule has 0 aliphatic carbocycles. The third-order valence-corrected chi connectivity index (χ3v) is 5.53. The van der Waals surface area contributed by atoms with Crippen molar-refractivity contribution in [3.05, 3.63) is 53.6 Å². The lowest BCUT2D eigenvalue weighted by molar-refractivity contribution is -0.150. The second kappa shape index (κ2) is 7.71. The summed E-state index contributed by atoms with van der Waals surface area (Å²) in [6.45, 7) is 0.793. The molecule has 3 heterocycles. The number of amides is 2. The smallest absolute Gasteiger partial charge is 0.259 e. The number of methoxy groups -OCH3 is 2. The van der Waals surface area contributed by atoms with E-state index in [0.29, 0.717) is 31.0 Å². The Kier molecular flexibility index (Phi) is 5.10. The lowest BCUT2D eigenvalue weighted by atomic mass is 9.77. The highest BCUT2D eigenvalue weighted by Gasteiger charge is 2.50. The maximum Gasteiger partial charge on any atom is 0.259 e. The maximum atomic E-state index is 13.2. The van der Waals surface area contributed by atoms with Crippen LogP contribution in [0.25, 0.3) is 0 Å². The molecule has 0 unspecified atom stereocenters. The van der Waals surface area contributed by atoms with Gasteiger partial charge in [0.25, 0.3) is 5.91 Å². The number of ether oxygens (including phenoxy) is 3. The van der Waals surface area contributed by atoms with E-state index < -0.39 is 5.54 Å². The fourth-order valence-electron chi connectivity index (χ4n) is 4.07. The van der Waals surface area contributed by atoms with Gasteiger partial charge in [0.15, 0.2) is 0 Å². The summed E-state index contributed by atoms with van der Waals surface area (Å²) in [4.78, 5) is 31.2. The van der Waals surface area contributed by atoms with E-state index in [2.05, 4.69) is 10.3 Å². The van der Waals surface area contributed by atoms with E-state index in [0.717, 1.165) is 5.56 Å². The van der Waals surface area contributed by atoms with E-state index >= 15 is 0 Å². The number of likely N-dealkylation sites (tertiary alicyclic amines) is 1. The zero-order valence-electron chi connectivity index (χ0n) is 16.4. The predicted molar refractivity (Wildman–Crippen MR) is 104 cm³/mol. The first-order valence-corrected chi connectivity index (χ1v) is 9.44. The maximum absolute atomic E-state index is 13.2. The van der Waals surface area contributed by atoms with Crippen molar-refractivity contribution in [1.82, 2.24) is 15.2 Å². The van der Waals surface area contributed by atoms with Crippen LogP contribution in [0.3, 0.4) is 0 Å². The molecule has 0 radical (unpaired) electrons. The fourth-order valence-corrected chi connectivity index (χ4v) is 4.07. The number of morpholine rings is 1. The molecule has 0 bridgehead atoms. The lowest BCUT2D eigenvalue weighted by Crippen LogP contribution is -2.67. The lowest BCUT2D eigenvalue weighted by Gasteiger charge is -2.50. The number of hydrogen-bond donors (Lipinski definition) is 1. The van der Waals surface area contributed by atoms with Gasteiger partial charge in [0.05, 0.1) is 19.8 Å². The first kappa shape index (κ1) is 19.2. The molecule has 4 rings (SSSR count). The number of nitrogens with one attached hydrogen (secondary N) is 1. The van der Waals surface area contributed by atoms with Gasteiger partial charge in [-0.05, 0) is 18.1 Å². The molecule has 1 aromatic heterocycles. The first-order chi connectivity index (χ1) is 14.1. The summed E-state index contributed by atoms with van der Waals surface area (Å²) in [7, 11) is 2.97. The number of aromatic nitrogens is 1. The quantitative estimate of drug-likeness (QED) is 0.838. The van der Waals surface area contributed by atoms with Crippen LogP contribution >= 0.6 is 0 Å². The molecular weight excluding hydrogens is 374 g/mol. The Labute approximate surface area is 168 Å². The van der Waals surface area contributed by atoms with Gasteiger partial charge in [-0.1, -0.05) is 30.3 Å². The summed E-state index contributed by atoms with van der Waals surface area (Å²) >= 11 is 0. The Morgan fingerprint density at radius 2 is 2.00 bits per heavy atom. The monoisotopic (exact) mass is 397 g/mol. The van der Waals surface area contributed by atoms with Gasteiger partial charge in [0, 0.05) is 19.2 Å². The minimum absolute atomic E-state index is 0.0192. The molecule has 152 valence electrons. The zero-order valence-corrected chi connectivity index (χ0v) is 16.4. The van der Waals surface area contributed by atoms with Gasteiger partial charge in [-0.2, -0.15) is 4.98 Å². The minimum Gasteiger partial charge on any atom is -0.481 e. The highest BCUT2D eigenvalue weighted by Crippen LogP contribution is 2.37. The van der Waals surface area contributed by atoms with E-state index in [9.17, 15) is 9.59 Å². The van der Waals surface area contributed by atoms with Crippen LogP contribution in [0.2, 0.25) is 0 Å². The van der Waals surface area contributed by atoms with Crippen molar-refractivity contribution >= 4 is 11.8 Å². The average molecular weight is 397 g/mol. The number of rotatable bonds is 4. The van der Waals surface area contributed by atoms with Gasteiger partial charge in [-0.15, -0.1) is 0 Å². The summed E-state index contributed by atoms with van der Waals surface area (Å²) in [5.41, 5.74) is 0.699. The topological polar surface area (TPSA) is 90.0 Å². The van der Waals surface area contributed by atoms with E-state index in [1.54, 1.807) is 17.0 Å². The summed E-state index contributed by atoms with van der Waals surface area (Å²) in [6, 6.07) is 13.1. The van der Waals surface area contributed by atoms with Crippen LogP contribution in [0.1, 0.15) is 22.3 Å². The van der Waals surface area contributed by atoms with E-state index in [1.165, 1.54) is 14.2 Å². The number of nitrogens with zero attached hydrogens (tertiary/aromatic N) is 2. The molecule has 0 spiro atoms. The van der Waals surface area contributed by atoms with Gasteiger partial charge in [-0.3, -0.25) is 9.59 Å². The zero-order chi connectivity index (χ0) is 20.4. The minimum atomic E-state index is -0.643. The second-order valence-corrected chi connectivity index (χ2v) is 7.10. The van der Waals surface area contributed by atoms with Gasteiger partial charge in [0.2, 0.25) is 17.7 Å². The molecule has 8 nitrogen and oxygen atoms in total. The van der Waals surface area contributed by atoms with Crippen LogP contribution in [-0.4, -0.2) is 61.7 Å². The van der Waals surface area contributed by atoms with Crippen LogP contribution in [0.5, 0.6) is 11.8 Å². The number of piperidine rings is 1. The van der Waals surface area contributed by atoms with Crippen molar-refractivity contribution < 1.29 is 23.8 Å². The van der Waals surface area contributed by atoms with Crippen LogP contribution < -0.4 is 14.8 Å². The number of carbonyl (C=O) groups excluding carboxylic acids is 2. The van der Waals surface area contributed by atoms with Crippen LogP contribution in [0.15, 0.2) is 42.5 Å². The number of benzene rings is 1. The average Bonchev–Trinajstić information content (AvgIpc) is 2.78. The number of fused-ring (bicyclic) bond motifs is 1. The molecule has 1 N–H and O–H groups in total. The normalized spacial score (nSPS) is 23.7.